The van der Waals surface area contributed by atoms with Gasteiger partial charge in [-0.3, -0.25) is 0 Å². The molecule has 1 atom stereocenters. The van der Waals surface area contributed by atoms with Crippen LogP contribution in [0.4, 0.5) is 0 Å². The molecular weight excluding hydrogens is 332 g/mol. The second-order valence-corrected chi connectivity index (χ2v) is 7.53. The topological polar surface area (TPSA) is 35.0 Å². The Labute approximate surface area is 165 Å². The highest BCUT2D eigenvalue weighted by Gasteiger charge is 2.06. The summed E-state index contributed by atoms with van der Waals surface area (Å²) in [7, 11) is 0. The fourth-order valence-electron chi connectivity index (χ4n) is 3.21. The maximum Gasteiger partial charge on any atom is 0.159 e. The van der Waals surface area contributed by atoms with Crippen molar-refractivity contribution >= 4 is 0 Å². The predicted molar refractivity (Wildman–Crippen MR) is 114 cm³/mol. The maximum atomic E-state index is 5.96. The lowest BCUT2D eigenvalue weighted by molar-refractivity contribution is 0.207. The first-order chi connectivity index (χ1) is 13.2. The average molecular weight is 369 g/mol. The largest absolute Gasteiger partial charge is 0.491 e. The van der Waals surface area contributed by atoms with E-state index >= 15 is 0 Å². The van der Waals surface area contributed by atoms with Crippen molar-refractivity contribution in [1.82, 2.24) is 9.97 Å². The summed E-state index contributed by atoms with van der Waals surface area (Å²) in [6.45, 7) is 6.60. The Hall–Kier alpha value is -1.90. The van der Waals surface area contributed by atoms with Gasteiger partial charge in [-0.25, -0.2) is 9.97 Å². The smallest absolute Gasteiger partial charge is 0.159 e. The van der Waals surface area contributed by atoms with E-state index in [4.69, 9.17) is 4.74 Å². The number of nitrogens with zero attached hydrogens (tertiary/aromatic N) is 2. The first-order valence-electron chi connectivity index (χ1n) is 10.8. The summed E-state index contributed by atoms with van der Waals surface area (Å²) in [4.78, 5) is 9.11. The molecule has 0 N–H and O–H groups in total. The number of ether oxygens (including phenoxy) is 1. The second-order valence-electron chi connectivity index (χ2n) is 7.53. The number of aryl methyl sites for hydroxylation is 1. The van der Waals surface area contributed by atoms with Crippen molar-refractivity contribution < 1.29 is 4.74 Å². The van der Waals surface area contributed by atoms with E-state index in [1.807, 2.05) is 36.7 Å². The Morgan fingerprint density at radius 3 is 2.11 bits per heavy atom. The quantitative estimate of drug-likeness (QED) is 0.357. The Bertz CT molecular complexity index is 622. The van der Waals surface area contributed by atoms with Crippen LogP contribution in [0.3, 0.4) is 0 Å². The third kappa shape index (κ3) is 8.11. The molecule has 0 spiro atoms. The third-order valence-corrected chi connectivity index (χ3v) is 4.94. The standard InChI is InChI=1S/C24H36N2O/c1-4-6-8-9-10-11-13-21-18-25-24(26-19-21)22-14-16-23(17-15-22)27-20(3)12-7-5-2/h14-20H,4-13H2,1-3H3/t20-/m0/s1. The van der Waals surface area contributed by atoms with Gasteiger partial charge in [-0.15, -0.1) is 0 Å². The molecule has 148 valence electrons. The van der Waals surface area contributed by atoms with Gasteiger partial charge in [0, 0.05) is 18.0 Å². The van der Waals surface area contributed by atoms with Crippen LogP contribution < -0.4 is 4.74 Å². The van der Waals surface area contributed by atoms with E-state index in [0.29, 0.717) is 0 Å². The lowest BCUT2D eigenvalue weighted by atomic mass is 10.1. The first-order valence-corrected chi connectivity index (χ1v) is 10.8. The summed E-state index contributed by atoms with van der Waals surface area (Å²) in [6.07, 6.45) is 16.7. The number of aromatic nitrogens is 2. The lowest BCUT2D eigenvalue weighted by Crippen LogP contribution is -2.11. The fourth-order valence-corrected chi connectivity index (χ4v) is 3.21. The fraction of sp³-hybridized carbons (Fsp3) is 0.583. The van der Waals surface area contributed by atoms with Gasteiger partial charge in [-0.2, -0.15) is 0 Å². The summed E-state index contributed by atoms with van der Waals surface area (Å²) < 4.78 is 5.96. The normalized spacial score (nSPS) is 12.1. The van der Waals surface area contributed by atoms with Gasteiger partial charge in [-0.05, 0) is 56.0 Å². The van der Waals surface area contributed by atoms with E-state index < -0.39 is 0 Å². The van der Waals surface area contributed by atoms with Crippen molar-refractivity contribution in [1.29, 1.82) is 0 Å². The molecule has 0 aliphatic rings. The van der Waals surface area contributed by atoms with E-state index in [0.717, 1.165) is 30.0 Å². The highest BCUT2D eigenvalue weighted by Crippen LogP contribution is 2.21. The van der Waals surface area contributed by atoms with E-state index in [1.54, 1.807) is 0 Å². The van der Waals surface area contributed by atoms with Gasteiger partial charge in [0.1, 0.15) is 5.75 Å². The van der Waals surface area contributed by atoms with Gasteiger partial charge in [0.25, 0.3) is 0 Å². The third-order valence-electron chi connectivity index (χ3n) is 4.94. The number of hydrogen-bond donors (Lipinski definition) is 0. The van der Waals surface area contributed by atoms with Crippen LogP contribution in [0.15, 0.2) is 36.7 Å². The van der Waals surface area contributed by atoms with Crippen molar-refractivity contribution in [3.63, 3.8) is 0 Å². The molecule has 0 fully saturated rings. The van der Waals surface area contributed by atoms with E-state index in [2.05, 4.69) is 30.7 Å². The average Bonchev–Trinajstić information content (AvgIpc) is 2.70. The lowest BCUT2D eigenvalue weighted by Gasteiger charge is -2.14. The Balaban J connectivity index is 1.80. The Kier molecular flexibility index (Phi) is 9.89. The molecule has 0 aliphatic carbocycles. The minimum absolute atomic E-state index is 0.258. The molecule has 0 aliphatic heterocycles. The molecule has 0 bridgehead atoms. The molecular formula is C24H36N2O. The van der Waals surface area contributed by atoms with Gasteiger partial charge < -0.3 is 4.74 Å². The van der Waals surface area contributed by atoms with Crippen molar-refractivity contribution in [2.75, 3.05) is 0 Å². The number of rotatable bonds is 13. The molecule has 0 radical (unpaired) electrons. The zero-order valence-electron chi connectivity index (χ0n) is 17.4. The van der Waals surface area contributed by atoms with Crippen molar-refractivity contribution in [2.24, 2.45) is 0 Å². The Morgan fingerprint density at radius 1 is 0.815 bits per heavy atom. The van der Waals surface area contributed by atoms with Crippen LogP contribution >= 0.6 is 0 Å². The van der Waals surface area contributed by atoms with Gasteiger partial charge in [-0.1, -0.05) is 58.8 Å². The molecule has 1 aromatic carbocycles. The van der Waals surface area contributed by atoms with Gasteiger partial charge in [0.2, 0.25) is 0 Å². The molecule has 0 amide bonds. The van der Waals surface area contributed by atoms with Crippen LogP contribution in [0.25, 0.3) is 11.4 Å². The van der Waals surface area contributed by atoms with Crippen LogP contribution in [-0.2, 0) is 6.42 Å². The van der Waals surface area contributed by atoms with Gasteiger partial charge in [0.15, 0.2) is 5.82 Å². The molecule has 2 aromatic rings. The predicted octanol–water partition coefficient (Wildman–Crippen LogP) is 7.00. The minimum Gasteiger partial charge on any atom is -0.491 e. The summed E-state index contributed by atoms with van der Waals surface area (Å²) >= 11 is 0. The molecule has 1 heterocycles. The van der Waals surface area contributed by atoms with E-state index in [9.17, 15) is 0 Å². The number of hydrogen-bond acceptors (Lipinski definition) is 3. The molecule has 1 aromatic heterocycles. The second kappa shape index (κ2) is 12.5. The maximum absolute atomic E-state index is 5.96. The van der Waals surface area contributed by atoms with Crippen LogP contribution in [0.5, 0.6) is 5.75 Å². The molecule has 0 unspecified atom stereocenters. The summed E-state index contributed by atoms with van der Waals surface area (Å²) in [5.41, 5.74) is 2.27. The zero-order valence-corrected chi connectivity index (χ0v) is 17.4. The summed E-state index contributed by atoms with van der Waals surface area (Å²) in [5, 5.41) is 0. The first kappa shape index (κ1) is 21.4. The molecule has 27 heavy (non-hydrogen) atoms. The van der Waals surface area contributed by atoms with Crippen LogP contribution in [-0.4, -0.2) is 16.1 Å². The van der Waals surface area contributed by atoms with Crippen LogP contribution in [0, 0.1) is 0 Å². The minimum atomic E-state index is 0.258. The zero-order chi connectivity index (χ0) is 19.3. The number of unbranched alkanes of at least 4 members (excludes halogenated alkanes) is 6. The molecule has 0 saturated heterocycles. The van der Waals surface area contributed by atoms with Crippen molar-refractivity contribution in [3.05, 3.63) is 42.2 Å². The summed E-state index contributed by atoms with van der Waals surface area (Å²) in [5.74, 6) is 1.70. The van der Waals surface area contributed by atoms with E-state index in [1.165, 1.54) is 56.9 Å². The number of benzene rings is 1. The van der Waals surface area contributed by atoms with Gasteiger partial charge in [0.05, 0.1) is 6.10 Å². The van der Waals surface area contributed by atoms with Gasteiger partial charge >= 0.3 is 0 Å². The highest BCUT2D eigenvalue weighted by atomic mass is 16.5. The highest BCUT2D eigenvalue weighted by molar-refractivity contribution is 5.55. The SMILES string of the molecule is CCCCCCCCc1cnc(-c2ccc(O[C@@H](C)CCCC)cc2)nc1. The van der Waals surface area contributed by atoms with Crippen molar-refractivity contribution in [3.8, 4) is 17.1 Å². The van der Waals surface area contributed by atoms with Crippen LogP contribution in [0.1, 0.15) is 84.1 Å². The van der Waals surface area contributed by atoms with E-state index in [-0.39, 0.29) is 6.10 Å². The Morgan fingerprint density at radius 2 is 1.44 bits per heavy atom. The monoisotopic (exact) mass is 368 g/mol. The molecule has 2 rings (SSSR count). The molecule has 3 heteroatoms. The van der Waals surface area contributed by atoms with Crippen LogP contribution in [0.2, 0.25) is 0 Å². The molecule has 3 nitrogen and oxygen atoms in total. The molecule has 0 saturated carbocycles. The van der Waals surface area contributed by atoms with Crippen molar-refractivity contribution in [2.45, 2.75) is 91.1 Å². The summed E-state index contributed by atoms with van der Waals surface area (Å²) in [6, 6.07) is 8.13.